The van der Waals surface area contributed by atoms with Crippen molar-refractivity contribution in [1.29, 1.82) is 0 Å². The van der Waals surface area contributed by atoms with E-state index in [4.69, 9.17) is 0 Å². The van der Waals surface area contributed by atoms with E-state index in [0.29, 0.717) is 4.91 Å². The first kappa shape index (κ1) is 16.6. The number of anilines is 1. The van der Waals surface area contributed by atoms with Crippen LogP contribution in [0.5, 0.6) is 0 Å². The summed E-state index contributed by atoms with van der Waals surface area (Å²) in [6.07, 6.45) is 3.93. The van der Waals surface area contributed by atoms with Crippen LogP contribution >= 0.6 is 0 Å². The van der Waals surface area contributed by atoms with E-state index in [2.05, 4.69) is 22.1 Å². The summed E-state index contributed by atoms with van der Waals surface area (Å²) in [5.41, 5.74) is 2.82. The molecule has 5 heteroatoms. The zero-order valence-corrected chi connectivity index (χ0v) is 15.0. The number of benzene rings is 1. The molecule has 0 bridgehead atoms. The van der Waals surface area contributed by atoms with Crippen molar-refractivity contribution in [3.63, 3.8) is 0 Å². The second-order valence-electron chi connectivity index (χ2n) is 5.82. The summed E-state index contributed by atoms with van der Waals surface area (Å²) in [6, 6.07) is 9.93. The van der Waals surface area contributed by atoms with Gasteiger partial charge in [-0.15, -0.1) is 5.92 Å². The number of rotatable bonds is 5. The fourth-order valence-corrected chi connectivity index (χ4v) is 4.24. The summed E-state index contributed by atoms with van der Waals surface area (Å²) in [4.78, 5) is 3.62. The van der Waals surface area contributed by atoms with E-state index in [-0.39, 0.29) is 0 Å². The van der Waals surface area contributed by atoms with Crippen LogP contribution in [0.3, 0.4) is 0 Å². The van der Waals surface area contributed by atoms with Gasteiger partial charge in [-0.05, 0) is 39.2 Å². The van der Waals surface area contributed by atoms with E-state index in [1.807, 2.05) is 61.4 Å². The zero-order valence-electron chi connectivity index (χ0n) is 14.2. The Kier molecular flexibility index (Phi) is 4.89. The second kappa shape index (κ2) is 7.08. The molecular weight excluding hydrogens is 318 g/mol. The Morgan fingerprint density at radius 1 is 1.21 bits per heavy atom. The minimum atomic E-state index is -1.27. The first-order valence-electron chi connectivity index (χ1n) is 7.87. The Morgan fingerprint density at radius 3 is 2.62 bits per heavy atom. The summed E-state index contributed by atoms with van der Waals surface area (Å²) in [6.45, 7) is 3.49. The maximum absolute atomic E-state index is 13.1. The van der Waals surface area contributed by atoms with Crippen LogP contribution < -0.4 is 5.32 Å². The number of fused-ring (bicyclic) bond motifs is 1. The van der Waals surface area contributed by atoms with E-state index in [0.717, 1.165) is 34.9 Å². The first-order chi connectivity index (χ1) is 11.6. The Hall–Kier alpha value is -2.29. The van der Waals surface area contributed by atoms with E-state index < -0.39 is 10.8 Å². The third-order valence-corrected chi connectivity index (χ3v) is 5.31. The molecular formula is C19H21N3OS. The SMILES string of the molecule is CC#CC1=C(n2cccc2)c2cccc(NCCN(C)C)c2S1=O. The molecule has 0 aliphatic carbocycles. The number of hydrogen-bond acceptors (Lipinski definition) is 3. The van der Waals surface area contributed by atoms with Crippen molar-refractivity contribution in [1.82, 2.24) is 9.47 Å². The summed E-state index contributed by atoms with van der Waals surface area (Å²) in [5, 5.41) is 3.42. The van der Waals surface area contributed by atoms with Crippen LogP contribution in [0.25, 0.3) is 5.70 Å². The molecule has 1 aromatic heterocycles. The third-order valence-electron chi connectivity index (χ3n) is 3.83. The second-order valence-corrected chi connectivity index (χ2v) is 7.18. The predicted octanol–water partition coefficient (Wildman–Crippen LogP) is 2.82. The Morgan fingerprint density at radius 2 is 1.96 bits per heavy atom. The molecule has 0 saturated heterocycles. The molecule has 0 fully saturated rings. The van der Waals surface area contributed by atoms with Crippen LogP contribution in [0.1, 0.15) is 12.5 Å². The standard InChI is InChI=1S/C19H21N3OS/c1-4-8-17-18(22-12-5-6-13-22)15-9-7-10-16(19(15)24(17)23)20-11-14-21(2)3/h5-7,9-10,12-13,20H,11,14H2,1-3H3. The van der Waals surface area contributed by atoms with Crippen molar-refractivity contribution in [3.8, 4) is 11.8 Å². The fourth-order valence-electron chi connectivity index (χ4n) is 2.75. The molecule has 1 aliphatic heterocycles. The van der Waals surface area contributed by atoms with Gasteiger partial charge in [0.2, 0.25) is 0 Å². The van der Waals surface area contributed by atoms with Gasteiger partial charge in [0.15, 0.2) is 0 Å². The molecule has 4 nitrogen and oxygen atoms in total. The number of nitrogens with zero attached hydrogens (tertiary/aromatic N) is 2. The predicted molar refractivity (Wildman–Crippen MR) is 100 cm³/mol. The quantitative estimate of drug-likeness (QED) is 0.851. The van der Waals surface area contributed by atoms with E-state index in [1.165, 1.54) is 0 Å². The van der Waals surface area contributed by atoms with Gasteiger partial charge in [0.25, 0.3) is 0 Å². The average molecular weight is 339 g/mol. The molecule has 1 N–H and O–H groups in total. The van der Waals surface area contributed by atoms with Crippen molar-refractivity contribution in [3.05, 3.63) is 53.2 Å². The van der Waals surface area contributed by atoms with Crippen molar-refractivity contribution in [2.75, 3.05) is 32.5 Å². The van der Waals surface area contributed by atoms with Crippen molar-refractivity contribution >= 4 is 22.2 Å². The molecule has 1 atom stereocenters. The van der Waals surface area contributed by atoms with E-state index in [1.54, 1.807) is 6.92 Å². The Balaban J connectivity index is 2.05. The minimum absolute atomic E-state index is 0.672. The number of hydrogen-bond donors (Lipinski definition) is 1. The van der Waals surface area contributed by atoms with Crippen LogP contribution in [-0.2, 0) is 10.8 Å². The lowest BCUT2D eigenvalue weighted by Gasteiger charge is -2.14. The fraction of sp³-hybridized carbons (Fsp3) is 0.263. The number of allylic oxidation sites excluding steroid dienone is 1. The monoisotopic (exact) mass is 339 g/mol. The van der Waals surface area contributed by atoms with Crippen LogP contribution in [0.15, 0.2) is 52.5 Å². The molecule has 2 aromatic rings. The average Bonchev–Trinajstić information content (AvgIpc) is 3.16. The third kappa shape index (κ3) is 3.03. The lowest BCUT2D eigenvalue weighted by Crippen LogP contribution is -2.21. The van der Waals surface area contributed by atoms with Gasteiger partial charge in [-0.3, -0.25) is 0 Å². The van der Waals surface area contributed by atoms with Crippen molar-refractivity contribution in [2.24, 2.45) is 0 Å². The van der Waals surface area contributed by atoms with Crippen LogP contribution in [-0.4, -0.2) is 40.9 Å². The molecule has 2 heterocycles. The Labute approximate surface area is 145 Å². The highest BCUT2D eigenvalue weighted by Crippen LogP contribution is 2.41. The minimum Gasteiger partial charge on any atom is -0.383 e. The molecule has 0 spiro atoms. The zero-order chi connectivity index (χ0) is 17.1. The lowest BCUT2D eigenvalue weighted by atomic mass is 10.1. The maximum atomic E-state index is 13.1. The van der Waals surface area contributed by atoms with Crippen LogP contribution in [0.2, 0.25) is 0 Å². The number of aromatic nitrogens is 1. The summed E-state index contributed by atoms with van der Waals surface area (Å²) < 4.78 is 15.1. The van der Waals surface area contributed by atoms with Gasteiger partial charge in [0.05, 0.1) is 27.1 Å². The van der Waals surface area contributed by atoms with Gasteiger partial charge in [0.1, 0.15) is 4.91 Å². The lowest BCUT2D eigenvalue weighted by molar-refractivity contribution is 0.425. The Bertz CT molecular complexity index is 854. The highest BCUT2D eigenvalue weighted by molar-refractivity contribution is 7.90. The van der Waals surface area contributed by atoms with Gasteiger partial charge >= 0.3 is 0 Å². The van der Waals surface area contributed by atoms with Crippen molar-refractivity contribution in [2.45, 2.75) is 11.8 Å². The molecule has 0 radical (unpaired) electrons. The molecule has 0 amide bonds. The number of likely N-dealkylation sites (N-methyl/N-ethyl adjacent to an activating group) is 1. The van der Waals surface area contributed by atoms with Gasteiger partial charge in [-0.1, -0.05) is 18.1 Å². The molecule has 3 rings (SSSR count). The molecule has 124 valence electrons. The smallest absolute Gasteiger partial charge is 0.118 e. The summed E-state index contributed by atoms with van der Waals surface area (Å²) in [5.74, 6) is 5.96. The molecule has 1 aromatic carbocycles. The van der Waals surface area contributed by atoms with E-state index in [9.17, 15) is 4.21 Å². The topological polar surface area (TPSA) is 37.3 Å². The highest BCUT2D eigenvalue weighted by atomic mass is 32.2. The summed E-state index contributed by atoms with van der Waals surface area (Å²) >= 11 is 0. The normalized spacial score (nSPS) is 16.1. The highest BCUT2D eigenvalue weighted by Gasteiger charge is 2.31. The van der Waals surface area contributed by atoms with Gasteiger partial charge < -0.3 is 14.8 Å². The van der Waals surface area contributed by atoms with Crippen LogP contribution in [0.4, 0.5) is 5.69 Å². The summed E-state index contributed by atoms with van der Waals surface area (Å²) in [7, 11) is 2.81. The van der Waals surface area contributed by atoms with E-state index >= 15 is 0 Å². The number of nitrogens with one attached hydrogen (secondary N) is 1. The first-order valence-corrected chi connectivity index (χ1v) is 9.02. The van der Waals surface area contributed by atoms with Gasteiger partial charge in [-0.25, -0.2) is 4.21 Å². The van der Waals surface area contributed by atoms with Crippen LogP contribution in [0, 0.1) is 11.8 Å². The molecule has 24 heavy (non-hydrogen) atoms. The molecule has 0 saturated carbocycles. The van der Waals surface area contributed by atoms with Gasteiger partial charge in [0, 0.05) is 31.0 Å². The van der Waals surface area contributed by atoms with Crippen molar-refractivity contribution < 1.29 is 4.21 Å². The van der Waals surface area contributed by atoms with Gasteiger partial charge in [-0.2, -0.15) is 0 Å². The largest absolute Gasteiger partial charge is 0.383 e. The maximum Gasteiger partial charge on any atom is 0.118 e. The molecule has 1 aliphatic rings. The molecule has 1 unspecified atom stereocenters.